The molecule has 2 atom stereocenters. The fourth-order valence-electron chi connectivity index (χ4n) is 8.37. The minimum atomic E-state index is 0.114. The summed E-state index contributed by atoms with van der Waals surface area (Å²) in [5.74, 6) is 2.62. The second-order valence-electron chi connectivity index (χ2n) is 11.4. The van der Waals surface area contributed by atoms with Crippen LogP contribution in [0.25, 0.3) is 0 Å². The molecule has 2 aliphatic heterocycles. The molecule has 162 valence electrons. The highest BCUT2D eigenvalue weighted by molar-refractivity contribution is 5.75. The molecule has 6 fully saturated rings. The van der Waals surface area contributed by atoms with Gasteiger partial charge in [0.2, 0.25) is 0 Å². The van der Waals surface area contributed by atoms with Gasteiger partial charge in [0, 0.05) is 30.2 Å². The third kappa shape index (κ3) is 3.66. The van der Waals surface area contributed by atoms with Crippen LogP contribution in [0.15, 0.2) is 30.3 Å². The van der Waals surface area contributed by atoms with Crippen molar-refractivity contribution < 1.29 is 4.79 Å². The molecule has 6 bridgehead atoms. The lowest BCUT2D eigenvalue weighted by molar-refractivity contribution is -0.0146. The van der Waals surface area contributed by atoms with E-state index in [0.717, 1.165) is 37.1 Å². The fraction of sp³-hybridized carbons (Fsp3) is 0.731. The first-order valence-electron chi connectivity index (χ1n) is 12.5. The van der Waals surface area contributed by atoms with Crippen molar-refractivity contribution >= 4 is 6.03 Å². The second-order valence-corrected chi connectivity index (χ2v) is 11.4. The van der Waals surface area contributed by atoms with Gasteiger partial charge in [-0.05, 0) is 87.5 Å². The van der Waals surface area contributed by atoms with Crippen LogP contribution >= 0.6 is 0 Å². The van der Waals surface area contributed by atoms with Crippen molar-refractivity contribution in [2.24, 2.45) is 17.8 Å². The molecule has 2 amide bonds. The molecule has 2 unspecified atom stereocenters. The van der Waals surface area contributed by atoms with Crippen LogP contribution in [0.2, 0.25) is 0 Å². The lowest BCUT2D eigenvalue weighted by Gasteiger charge is -2.57. The lowest BCUT2D eigenvalue weighted by Crippen LogP contribution is -2.63. The summed E-state index contributed by atoms with van der Waals surface area (Å²) in [7, 11) is 0. The van der Waals surface area contributed by atoms with Gasteiger partial charge in [0.05, 0.1) is 0 Å². The summed E-state index contributed by atoms with van der Waals surface area (Å²) in [5.41, 5.74) is 1.53. The van der Waals surface area contributed by atoms with Crippen molar-refractivity contribution in [2.45, 2.75) is 101 Å². The predicted octanol–water partition coefficient (Wildman–Crippen LogP) is 4.84. The SMILES string of the molecule is O=C(NC1CC2CCCC(C1)N2Cc1ccccc1)NC12CC3CC(CC(C3)C1)C2. The van der Waals surface area contributed by atoms with Gasteiger partial charge >= 0.3 is 6.03 Å². The average molecular weight is 408 g/mol. The number of hydrogen-bond acceptors (Lipinski definition) is 2. The molecule has 4 nitrogen and oxygen atoms in total. The van der Waals surface area contributed by atoms with Crippen molar-refractivity contribution in [1.29, 1.82) is 0 Å². The summed E-state index contributed by atoms with van der Waals surface area (Å²) >= 11 is 0. The molecule has 0 spiro atoms. The minimum Gasteiger partial charge on any atom is -0.335 e. The molecule has 7 rings (SSSR count). The Labute approximate surface area is 181 Å². The molecule has 30 heavy (non-hydrogen) atoms. The second kappa shape index (κ2) is 7.55. The number of amides is 2. The maximum atomic E-state index is 13.1. The van der Waals surface area contributed by atoms with Crippen LogP contribution in [0.1, 0.15) is 76.2 Å². The van der Waals surface area contributed by atoms with E-state index in [4.69, 9.17) is 0 Å². The Kier molecular flexibility index (Phi) is 4.82. The molecular weight excluding hydrogens is 370 g/mol. The van der Waals surface area contributed by atoms with Crippen LogP contribution in [0, 0.1) is 17.8 Å². The van der Waals surface area contributed by atoms with Gasteiger partial charge in [0.15, 0.2) is 0 Å². The van der Waals surface area contributed by atoms with Gasteiger partial charge in [-0.3, -0.25) is 4.90 Å². The first kappa shape index (κ1) is 19.2. The van der Waals surface area contributed by atoms with Gasteiger partial charge in [-0.25, -0.2) is 4.79 Å². The number of rotatable bonds is 4. The Hall–Kier alpha value is -1.55. The molecule has 0 aromatic heterocycles. The molecule has 4 saturated carbocycles. The number of carbonyl (C=O) groups is 1. The van der Waals surface area contributed by atoms with E-state index in [-0.39, 0.29) is 11.6 Å². The number of carbonyl (C=O) groups excluding carboxylic acids is 1. The number of piperidine rings is 2. The zero-order valence-corrected chi connectivity index (χ0v) is 18.2. The van der Waals surface area contributed by atoms with Crippen LogP contribution in [-0.4, -0.2) is 34.6 Å². The Morgan fingerprint density at radius 2 is 1.50 bits per heavy atom. The Morgan fingerprint density at radius 3 is 2.10 bits per heavy atom. The minimum absolute atomic E-state index is 0.114. The summed E-state index contributed by atoms with van der Waals surface area (Å²) in [6.07, 6.45) is 14.1. The van der Waals surface area contributed by atoms with Gasteiger partial charge in [0.1, 0.15) is 0 Å². The normalized spacial score (nSPS) is 42.1. The van der Waals surface area contributed by atoms with E-state index < -0.39 is 0 Å². The number of benzene rings is 1. The number of nitrogens with zero attached hydrogens (tertiary/aromatic N) is 1. The summed E-state index contributed by atoms with van der Waals surface area (Å²) in [6, 6.07) is 12.6. The number of nitrogens with one attached hydrogen (secondary N) is 2. The highest BCUT2D eigenvalue weighted by Crippen LogP contribution is 2.55. The molecule has 1 aromatic rings. The smallest absolute Gasteiger partial charge is 0.315 e. The zero-order chi connectivity index (χ0) is 20.1. The summed E-state index contributed by atoms with van der Waals surface area (Å²) < 4.78 is 0. The highest BCUT2D eigenvalue weighted by Gasteiger charge is 2.51. The van der Waals surface area contributed by atoms with E-state index in [1.54, 1.807) is 0 Å². The standard InChI is InChI=1S/C26H37N3O/c30-25(28-26-14-19-9-20(15-26)11-21(10-19)16-26)27-22-12-23-7-4-8-24(13-22)29(23)17-18-5-2-1-3-6-18/h1-3,5-6,19-24H,4,7-17H2,(H2,27,28,30). The van der Waals surface area contributed by atoms with Crippen molar-refractivity contribution in [1.82, 2.24) is 15.5 Å². The average Bonchev–Trinajstić information content (AvgIpc) is 2.68. The van der Waals surface area contributed by atoms with Gasteiger partial charge < -0.3 is 10.6 Å². The summed E-state index contributed by atoms with van der Waals surface area (Å²) in [6.45, 7) is 1.06. The van der Waals surface area contributed by atoms with Gasteiger partial charge in [0.25, 0.3) is 0 Å². The van der Waals surface area contributed by atoms with E-state index >= 15 is 0 Å². The van der Waals surface area contributed by atoms with Crippen LogP contribution in [0.5, 0.6) is 0 Å². The highest BCUT2D eigenvalue weighted by atomic mass is 16.2. The predicted molar refractivity (Wildman–Crippen MR) is 119 cm³/mol. The summed E-state index contributed by atoms with van der Waals surface area (Å²) in [4.78, 5) is 15.8. The van der Waals surface area contributed by atoms with E-state index in [1.807, 2.05) is 0 Å². The maximum Gasteiger partial charge on any atom is 0.315 e. The largest absolute Gasteiger partial charge is 0.335 e. The third-order valence-corrected chi connectivity index (χ3v) is 9.09. The first-order chi connectivity index (χ1) is 14.6. The quantitative estimate of drug-likeness (QED) is 0.750. The van der Waals surface area contributed by atoms with E-state index in [9.17, 15) is 4.79 Å². The third-order valence-electron chi connectivity index (χ3n) is 9.09. The number of urea groups is 1. The van der Waals surface area contributed by atoms with Crippen molar-refractivity contribution in [3.05, 3.63) is 35.9 Å². The molecule has 2 saturated heterocycles. The molecule has 4 heteroatoms. The molecular formula is C26H37N3O. The van der Waals surface area contributed by atoms with Gasteiger partial charge in [-0.2, -0.15) is 0 Å². The van der Waals surface area contributed by atoms with Crippen molar-refractivity contribution in [2.75, 3.05) is 0 Å². The first-order valence-corrected chi connectivity index (χ1v) is 12.5. The Morgan fingerprint density at radius 1 is 0.900 bits per heavy atom. The lowest BCUT2D eigenvalue weighted by atomic mass is 9.53. The molecule has 4 aliphatic carbocycles. The number of fused-ring (bicyclic) bond motifs is 2. The van der Waals surface area contributed by atoms with Crippen molar-refractivity contribution in [3.8, 4) is 0 Å². The number of hydrogen-bond donors (Lipinski definition) is 2. The zero-order valence-electron chi connectivity index (χ0n) is 18.2. The van der Waals surface area contributed by atoms with Gasteiger partial charge in [-0.15, -0.1) is 0 Å². The fourth-order valence-corrected chi connectivity index (χ4v) is 8.37. The van der Waals surface area contributed by atoms with Crippen LogP contribution < -0.4 is 10.6 Å². The van der Waals surface area contributed by atoms with E-state index in [2.05, 4.69) is 45.9 Å². The topological polar surface area (TPSA) is 44.4 Å². The Bertz CT molecular complexity index is 728. The monoisotopic (exact) mass is 407 g/mol. The summed E-state index contributed by atoms with van der Waals surface area (Å²) in [5, 5.41) is 6.96. The van der Waals surface area contributed by atoms with Crippen LogP contribution in [-0.2, 0) is 6.54 Å². The maximum absolute atomic E-state index is 13.1. The Balaban J connectivity index is 1.08. The van der Waals surface area contributed by atoms with Crippen LogP contribution in [0.4, 0.5) is 4.79 Å². The van der Waals surface area contributed by atoms with E-state index in [0.29, 0.717) is 18.1 Å². The van der Waals surface area contributed by atoms with Crippen molar-refractivity contribution in [3.63, 3.8) is 0 Å². The molecule has 1 aromatic carbocycles. The van der Waals surface area contributed by atoms with Gasteiger partial charge in [-0.1, -0.05) is 36.8 Å². The molecule has 0 radical (unpaired) electrons. The molecule has 2 N–H and O–H groups in total. The molecule has 2 heterocycles. The van der Waals surface area contributed by atoms with E-state index in [1.165, 1.54) is 63.4 Å². The van der Waals surface area contributed by atoms with Crippen LogP contribution in [0.3, 0.4) is 0 Å². The molecule has 6 aliphatic rings.